The molecule has 0 radical (unpaired) electrons. The zero-order valence-electron chi connectivity index (χ0n) is 7.92. The first-order valence-corrected chi connectivity index (χ1v) is 4.40. The molecule has 0 aromatic heterocycles. The van der Waals surface area contributed by atoms with E-state index in [0.29, 0.717) is 0 Å². The van der Waals surface area contributed by atoms with Gasteiger partial charge in [0.25, 0.3) is 0 Å². The van der Waals surface area contributed by atoms with Gasteiger partial charge in [0.15, 0.2) is 0 Å². The van der Waals surface area contributed by atoms with Crippen LogP contribution in [0.25, 0.3) is 0 Å². The summed E-state index contributed by atoms with van der Waals surface area (Å²) in [6.07, 6.45) is 1.82. The summed E-state index contributed by atoms with van der Waals surface area (Å²) in [5, 5.41) is 8.67. The molecular formula is C10H15NO. The van der Waals surface area contributed by atoms with Gasteiger partial charge in [-0.2, -0.15) is 5.26 Å². The monoisotopic (exact) mass is 165 g/mol. The molecule has 1 aliphatic rings. The van der Waals surface area contributed by atoms with E-state index in [4.69, 9.17) is 5.26 Å². The molecule has 0 aromatic rings. The summed E-state index contributed by atoms with van der Waals surface area (Å²) < 4.78 is 0. The maximum atomic E-state index is 11.7. The fraction of sp³-hybridized carbons (Fsp3) is 0.800. The van der Waals surface area contributed by atoms with Crippen LogP contribution in [0.4, 0.5) is 0 Å². The number of ketones is 1. The van der Waals surface area contributed by atoms with Crippen molar-refractivity contribution in [2.75, 3.05) is 0 Å². The normalized spacial score (nSPS) is 28.8. The Bertz CT molecular complexity index is 231. The third-order valence-corrected chi connectivity index (χ3v) is 2.52. The van der Waals surface area contributed by atoms with Gasteiger partial charge in [0.2, 0.25) is 0 Å². The topological polar surface area (TPSA) is 40.9 Å². The van der Waals surface area contributed by atoms with Gasteiger partial charge in [0.1, 0.15) is 5.78 Å². The molecule has 0 aliphatic heterocycles. The lowest BCUT2D eigenvalue weighted by atomic mass is 9.67. The molecule has 2 unspecified atom stereocenters. The van der Waals surface area contributed by atoms with Gasteiger partial charge < -0.3 is 0 Å². The lowest BCUT2D eigenvalue weighted by Crippen LogP contribution is -2.38. The average Bonchev–Trinajstić information content (AvgIpc) is 1.84. The first-order chi connectivity index (χ1) is 5.46. The van der Waals surface area contributed by atoms with Gasteiger partial charge in [-0.25, -0.2) is 0 Å². The molecule has 1 aliphatic carbocycles. The van der Waals surface area contributed by atoms with Crippen LogP contribution in [-0.2, 0) is 4.79 Å². The second-order valence-electron chi connectivity index (χ2n) is 4.53. The van der Waals surface area contributed by atoms with Gasteiger partial charge >= 0.3 is 0 Å². The van der Waals surface area contributed by atoms with Crippen LogP contribution >= 0.6 is 0 Å². The summed E-state index contributed by atoms with van der Waals surface area (Å²) >= 11 is 0. The van der Waals surface area contributed by atoms with Gasteiger partial charge in [-0.05, 0) is 12.8 Å². The van der Waals surface area contributed by atoms with Crippen LogP contribution in [0.3, 0.4) is 0 Å². The van der Waals surface area contributed by atoms with Crippen molar-refractivity contribution in [1.82, 2.24) is 0 Å². The highest BCUT2D eigenvalue weighted by molar-refractivity contribution is 5.87. The quantitative estimate of drug-likeness (QED) is 0.597. The SMILES string of the molecule is CC(C)(C)C(=O)C1CCC1C#N. The first kappa shape index (κ1) is 9.25. The van der Waals surface area contributed by atoms with E-state index in [1.54, 1.807) is 0 Å². The Hall–Kier alpha value is -0.840. The number of carbonyl (C=O) groups excluding carboxylic acids is 1. The van der Waals surface area contributed by atoms with Crippen molar-refractivity contribution in [3.63, 3.8) is 0 Å². The van der Waals surface area contributed by atoms with Gasteiger partial charge in [-0.1, -0.05) is 20.8 Å². The van der Waals surface area contributed by atoms with Crippen molar-refractivity contribution in [3.05, 3.63) is 0 Å². The fourth-order valence-corrected chi connectivity index (χ4v) is 1.52. The molecule has 1 rings (SSSR count). The zero-order valence-corrected chi connectivity index (χ0v) is 7.92. The summed E-state index contributed by atoms with van der Waals surface area (Å²) in [5.74, 6) is 0.270. The minimum absolute atomic E-state index is 0.00303. The van der Waals surface area contributed by atoms with E-state index in [0.717, 1.165) is 12.8 Å². The van der Waals surface area contributed by atoms with E-state index in [2.05, 4.69) is 6.07 Å². The number of Topliss-reactive ketones (excluding diaryl/α,β-unsaturated/α-hetero) is 1. The number of hydrogen-bond donors (Lipinski definition) is 0. The van der Waals surface area contributed by atoms with Crippen molar-refractivity contribution in [1.29, 1.82) is 5.26 Å². The predicted molar refractivity (Wildman–Crippen MR) is 46.3 cm³/mol. The van der Waals surface area contributed by atoms with Gasteiger partial charge in [-0.3, -0.25) is 4.79 Å². The second-order valence-corrected chi connectivity index (χ2v) is 4.53. The molecule has 0 bridgehead atoms. The summed E-state index contributed by atoms with van der Waals surface area (Å²) in [6, 6.07) is 2.18. The van der Waals surface area contributed by atoms with Gasteiger partial charge in [0.05, 0.1) is 12.0 Å². The van der Waals surface area contributed by atoms with Crippen LogP contribution in [-0.4, -0.2) is 5.78 Å². The predicted octanol–water partition coefficient (Wildman–Crippen LogP) is 2.15. The molecular weight excluding hydrogens is 150 g/mol. The molecule has 1 saturated carbocycles. The highest BCUT2D eigenvalue weighted by Gasteiger charge is 2.40. The van der Waals surface area contributed by atoms with Crippen LogP contribution in [0.2, 0.25) is 0 Å². The van der Waals surface area contributed by atoms with Crippen molar-refractivity contribution >= 4 is 5.78 Å². The number of hydrogen-bond acceptors (Lipinski definition) is 2. The number of nitrogens with zero attached hydrogens (tertiary/aromatic N) is 1. The van der Waals surface area contributed by atoms with Crippen LogP contribution < -0.4 is 0 Å². The Morgan fingerprint density at radius 1 is 1.42 bits per heavy atom. The Balaban J connectivity index is 2.62. The fourth-order valence-electron chi connectivity index (χ4n) is 1.52. The summed E-state index contributed by atoms with van der Waals surface area (Å²) in [5.41, 5.74) is -0.278. The van der Waals surface area contributed by atoms with Gasteiger partial charge in [-0.15, -0.1) is 0 Å². The molecule has 0 amide bonds. The maximum Gasteiger partial charge on any atom is 0.142 e. The van der Waals surface area contributed by atoms with E-state index >= 15 is 0 Å². The first-order valence-electron chi connectivity index (χ1n) is 4.40. The van der Waals surface area contributed by atoms with E-state index in [1.165, 1.54) is 0 Å². The van der Waals surface area contributed by atoms with Crippen LogP contribution in [0.5, 0.6) is 0 Å². The van der Waals surface area contributed by atoms with E-state index in [-0.39, 0.29) is 23.0 Å². The molecule has 0 N–H and O–H groups in total. The minimum Gasteiger partial charge on any atom is -0.299 e. The number of nitriles is 1. The third kappa shape index (κ3) is 1.50. The molecule has 66 valence electrons. The molecule has 2 atom stereocenters. The minimum atomic E-state index is -0.278. The molecule has 12 heavy (non-hydrogen) atoms. The highest BCUT2D eigenvalue weighted by atomic mass is 16.1. The molecule has 1 fully saturated rings. The van der Waals surface area contributed by atoms with E-state index < -0.39 is 0 Å². The molecule has 0 saturated heterocycles. The zero-order chi connectivity index (χ0) is 9.35. The molecule has 0 aromatic carbocycles. The summed E-state index contributed by atoms with van der Waals surface area (Å²) in [7, 11) is 0. The van der Waals surface area contributed by atoms with Gasteiger partial charge in [0, 0.05) is 11.3 Å². The lowest BCUT2D eigenvalue weighted by molar-refractivity contribution is -0.134. The average molecular weight is 165 g/mol. The Morgan fingerprint density at radius 2 is 2.00 bits per heavy atom. The maximum absolute atomic E-state index is 11.7. The van der Waals surface area contributed by atoms with Crippen LogP contribution in [0.15, 0.2) is 0 Å². The van der Waals surface area contributed by atoms with Crippen molar-refractivity contribution in [3.8, 4) is 6.07 Å². The van der Waals surface area contributed by atoms with Crippen molar-refractivity contribution < 1.29 is 4.79 Å². The second kappa shape index (κ2) is 2.90. The molecule has 2 heteroatoms. The van der Waals surface area contributed by atoms with E-state index in [9.17, 15) is 4.79 Å². The highest BCUT2D eigenvalue weighted by Crippen LogP contribution is 2.38. The Morgan fingerprint density at radius 3 is 2.25 bits per heavy atom. The molecule has 2 nitrogen and oxygen atoms in total. The summed E-state index contributed by atoms with van der Waals surface area (Å²) in [4.78, 5) is 11.7. The Labute approximate surface area is 73.6 Å². The molecule has 0 heterocycles. The number of rotatable bonds is 1. The standard InChI is InChI=1S/C10H15NO/c1-10(2,3)9(12)8-5-4-7(8)6-11/h7-8H,4-5H2,1-3H3. The molecule has 0 spiro atoms. The smallest absolute Gasteiger partial charge is 0.142 e. The Kier molecular flexibility index (Phi) is 2.23. The van der Waals surface area contributed by atoms with Crippen molar-refractivity contribution in [2.24, 2.45) is 17.3 Å². The largest absolute Gasteiger partial charge is 0.299 e. The summed E-state index contributed by atoms with van der Waals surface area (Å²) in [6.45, 7) is 5.76. The third-order valence-electron chi connectivity index (χ3n) is 2.52. The number of carbonyl (C=O) groups is 1. The lowest BCUT2D eigenvalue weighted by Gasteiger charge is -2.34. The van der Waals surface area contributed by atoms with Crippen LogP contribution in [0, 0.1) is 28.6 Å². The van der Waals surface area contributed by atoms with Crippen molar-refractivity contribution in [2.45, 2.75) is 33.6 Å². The van der Waals surface area contributed by atoms with E-state index in [1.807, 2.05) is 20.8 Å². The van der Waals surface area contributed by atoms with Crippen LogP contribution in [0.1, 0.15) is 33.6 Å².